The summed E-state index contributed by atoms with van der Waals surface area (Å²) < 4.78 is 37.7. The Morgan fingerprint density at radius 1 is 1.12 bits per heavy atom. The molecule has 0 fully saturated rings. The second-order valence-electron chi connectivity index (χ2n) is 3.57. The molecule has 2 rings (SSSR count). The van der Waals surface area contributed by atoms with E-state index in [0.717, 1.165) is 6.07 Å². The average Bonchev–Trinajstić information content (AvgIpc) is 2.21. The molecule has 0 saturated carbocycles. The molecule has 0 saturated heterocycles. The molecule has 17 heavy (non-hydrogen) atoms. The highest BCUT2D eigenvalue weighted by atomic mass is 35.5. The largest absolute Gasteiger partial charge is 0.433 e. The lowest BCUT2D eigenvalue weighted by Crippen LogP contribution is -2.08. The number of halogens is 5. The smallest absolute Gasteiger partial charge is 0.243 e. The molecule has 0 atom stereocenters. The Balaban J connectivity index is 2.87. The van der Waals surface area contributed by atoms with Crippen molar-refractivity contribution < 1.29 is 13.2 Å². The Labute approximate surface area is 105 Å². The van der Waals surface area contributed by atoms with Crippen LogP contribution < -0.4 is 0 Å². The molecule has 90 valence electrons. The molecule has 1 heterocycles. The van der Waals surface area contributed by atoms with E-state index in [9.17, 15) is 13.2 Å². The number of aryl methyl sites for hydroxylation is 1. The van der Waals surface area contributed by atoms with Crippen molar-refractivity contribution in [1.29, 1.82) is 0 Å². The van der Waals surface area contributed by atoms with Crippen LogP contribution in [0.15, 0.2) is 18.2 Å². The highest BCUT2D eigenvalue weighted by Crippen LogP contribution is 2.36. The molecular formula is C11H6Cl2F3N. The predicted molar refractivity (Wildman–Crippen MR) is 61.5 cm³/mol. The fourth-order valence-electron chi connectivity index (χ4n) is 1.53. The van der Waals surface area contributed by atoms with E-state index in [2.05, 4.69) is 4.98 Å². The van der Waals surface area contributed by atoms with Crippen molar-refractivity contribution in [2.24, 2.45) is 0 Å². The molecule has 0 aliphatic carbocycles. The molecule has 0 unspecified atom stereocenters. The van der Waals surface area contributed by atoms with E-state index in [1.807, 2.05) is 0 Å². The minimum absolute atomic E-state index is 0.0453. The van der Waals surface area contributed by atoms with Crippen molar-refractivity contribution in [2.75, 3.05) is 0 Å². The van der Waals surface area contributed by atoms with Crippen LogP contribution in [0.2, 0.25) is 10.0 Å². The summed E-state index contributed by atoms with van der Waals surface area (Å²) in [5.41, 5.74) is -0.241. The number of pyridine rings is 1. The van der Waals surface area contributed by atoms with Crippen molar-refractivity contribution in [3.8, 4) is 0 Å². The zero-order valence-electron chi connectivity index (χ0n) is 8.57. The zero-order chi connectivity index (χ0) is 12.8. The van der Waals surface area contributed by atoms with Crippen molar-refractivity contribution in [1.82, 2.24) is 4.98 Å². The van der Waals surface area contributed by atoms with Gasteiger partial charge in [-0.2, -0.15) is 13.2 Å². The van der Waals surface area contributed by atoms with Crippen molar-refractivity contribution in [3.63, 3.8) is 0 Å². The number of hydrogen-bond acceptors (Lipinski definition) is 1. The van der Waals surface area contributed by atoms with E-state index < -0.39 is 11.9 Å². The molecular weight excluding hydrogens is 274 g/mol. The van der Waals surface area contributed by atoms with Crippen LogP contribution in [0, 0.1) is 6.92 Å². The van der Waals surface area contributed by atoms with E-state index in [-0.39, 0.29) is 15.6 Å². The maximum absolute atomic E-state index is 12.6. The first-order valence-electron chi connectivity index (χ1n) is 4.63. The number of aromatic nitrogens is 1. The third-order valence-electron chi connectivity index (χ3n) is 2.35. The van der Waals surface area contributed by atoms with Crippen molar-refractivity contribution in [3.05, 3.63) is 39.5 Å². The number of fused-ring (bicyclic) bond motifs is 1. The molecule has 1 aromatic carbocycles. The quantitative estimate of drug-likeness (QED) is 0.671. The summed E-state index contributed by atoms with van der Waals surface area (Å²) in [5, 5.41) is 0.592. The summed E-state index contributed by atoms with van der Waals surface area (Å²) in [7, 11) is 0. The predicted octanol–water partition coefficient (Wildman–Crippen LogP) is 4.87. The Bertz CT molecular complexity index is 593. The normalized spacial score (nSPS) is 12.1. The maximum atomic E-state index is 12.6. The van der Waals surface area contributed by atoms with Gasteiger partial charge in [-0.3, -0.25) is 0 Å². The van der Waals surface area contributed by atoms with E-state index >= 15 is 0 Å². The maximum Gasteiger partial charge on any atom is 0.433 e. The van der Waals surface area contributed by atoms with E-state index in [1.165, 1.54) is 0 Å². The Morgan fingerprint density at radius 2 is 1.76 bits per heavy atom. The van der Waals surface area contributed by atoms with Crippen molar-refractivity contribution in [2.45, 2.75) is 13.1 Å². The van der Waals surface area contributed by atoms with Crippen LogP contribution in [0.25, 0.3) is 10.9 Å². The number of rotatable bonds is 0. The van der Waals surface area contributed by atoms with Gasteiger partial charge in [-0.25, -0.2) is 4.98 Å². The van der Waals surface area contributed by atoms with Gasteiger partial charge in [0.05, 0.1) is 15.6 Å². The molecule has 0 spiro atoms. The molecule has 0 N–H and O–H groups in total. The van der Waals surface area contributed by atoms with Crippen LogP contribution in [-0.2, 0) is 6.18 Å². The number of hydrogen-bond donors (Lipinski definition) is 0. The van der Waals surface area contributed by atoms with Gasteiger partial charge in [0, 0.05) is 5.39 Å². The summed E-state index contributed by atoms with van der Waals surface area (Å²) in [6.07, 6.45) is -4.52. The lowest BCUT2D eigenvalue weighted by atomic mass is 10.1. The van der Waals surface area contributed by atoms with Crippen LogP contribution in [0.1, 0.15) is 11.3 Å². The van der Waals surface area contributed by atoms with E-state index in [4.69, 9.17) is 23.2 Å². The van der Waals surface area contributed by atoms with Crippen LogP contribution in [0.4, 0.5) is 13.2 Å². The van der Waals surface area contributed by atoms with Gasteiger partial charge in [0.1, 0.15) is 5.69 Å². The first-order chi connectivity index (χ1) is 7.80. The SMILES string of the molecule is Cc1ccc(Cl)c2c(Cl)cc(C(F)(F)F)nc12. The Morgan fingerprint density at radius 3 is 2.35 bits per heavy atom. The minimum atomic E-state index is -4.52. The molecule has 2 aromatic rings. The molecule has 0 aliphatic rings. The lowest BCUT2D eigenvalue weighted by Gasteiger charge is -2.10. The number of benzene rings is 1. The van der Waals surface area contributed by atoms with E-state index in [1.54, 1.807) is 19.1 Å². The van der Waals surface area contributed by atoms with Crippen LogP contribution in [-0.4, -0.2) is 4.98 Å². The minimum Gasteiger partial charge on any atom is -0.243 e. The van der Waals surface area contributed by atoms with Gasteiger partial charge in [-0.15, -0.1) is 0 Å². The summed E-state index contributed by atoms with van der Waals surface area (Å²) in [5.74, 6) is 0. The average molecular weight is 280 g/mol. The second kappa shape index (κ2) is 4.03. The van der Waals surface area contributed by atoms with Crippen LogP contribution >= 0.6 is 23.2 Å². The standard InChI is InChI=1S/C11H6Cl2F3N/c1-5-2-3-6(12)9-7(13)4-8(11(14,15)16)17-10(5)9/h2-4H,1H3. The molecule has 0 amide bonds. The van der Waals surface area contributed by atoms with Crippen LogP contribution in [0.5, 0.6) is 0 Å². The highest BCUT2D eigenvalue weighted by molar-refractivity contribution is 6.42. The number of nitrogens with zero attached hydrogens (tertiary/aromatic N) is 1. The van der Waals surface area contributed by atoms with Gasteiger partial charge >= 0.3 is 6.18 Å². The third-order valence-corrected chi connectivity index (χ3v) is 2.97. The lowest BCUT2D eigenvalue weighted by molar-refractivity contribution is -0.140. The van der Waals surface area contributed by atoms with E-state index in [0.29, 0.717) is 10.9 Å². The molecule has 1 nitrogen and oxygen atoms in total. The first kappa shape index (κ1) is 12.5. The van der Waals surface area contributed by atoms with Crippen molar-refractivity contribution >= 4 is 34.1 Å². The van der Waals surface area contributed by atoms with Gasteiger partial charge in [-0.1, -0.05) is 29.3 Å². The van der Waals surface area contributed by atoms with Gasteiger partial charge in [-0.05, 0) is 24.6 Å². The van der Waals surface area contributed by atoms with Gasteiger partial charge in [0.15, 0.2) is 0 Å². The second-order valence-corrected chi connectivity index (χ2v) is 4.39. The molecule has 0 bridgehead atoms. The first-order valence-corrected chi connectivity index (χ1v) is 5.39. The molecule has 6 heteroatoms. The third kappa shape index (κ3) is 2.19. The summed E-state index contributed by atoms with van der Waals surface area (Å²) in [6.45, 7) is 1.65. The molecule has 1 aromatic heterocycles. The summed E-state index contributed by atoms with van der Waals surface area (Å²) in [4.78, 5) is 3.57. The molecule has 0 radical (unpaired) electrons. The highest BCUT2D eigenvalue weighted by Gasteiger charge is 2.33. The fraction of sp³-hybridized carbons (Fsp3) is 0.182. The Kier molecular flexibility index (Phi) is 2.96. The fourth-order valence-corrected chi connectivity index (χ4v) is 2.13. The summed E-state index contributed by atoms with van der Waals surface area (Å²) in [6, 6.07) is 3.98. The summed E-state index contributed by atoms with van der Waals surface area (Å²) >= 11 is 11.7. The van der Waals surface area contributed by atoms with Gasteiger partial charge in [0.25, 0.3) is 0 Å². The van der Waals surface area contributed by atoms with Crippen LogP contribution in [0.3, 0.4) is 0 Å². The molecule has 0 aliphatic heterocycles. The Hall–Kier alpha value is -1.00. The zero-order valence-corrected chi connectivity index (χ0v) is 10.1. The van der Waals surface area contributed by atoms with Gasteiger partial charge in [0.2, 0.25) is 0 Å². The van der Waals surface area contributed by atoms with Gasteiger partial charge < -0.3 is 0 Å². The monoisotopic (exact) mass is 279 g/mol. The topological polar surface area (TPSA) is 12.9 Å². The number of alkyl halides is 3.